The van der Waals surface area contributed by atoms with Crippen LogP contribution in [0.2, 0.25) is 5.02 Å². The quantitative estimate of drug-likeness (QED) is 0.718. The monoisotopic (exact) mass is 311 g/mol. The lowest BCUT2D eigenvalue weighted by atomic mass is 10.0. The van der Waals surface area contributed by atoms with Crippen molar-refractivity contribution in [1.82, 2.24) is 0 Å². The average molecular weight is 313 g/mol. The van der Waals surface area contributed by atoms with Gasteiger partial charge in [0.15, 0.2) is 0 Å². The van der Waals surface area contributed by atoms with E-state index in [9.17, 15) is 4.79 Å². The molecule has 17 heavy (non-hydrogen) atoms. The standard InChI is InChI=1S/C13H11BrClNO/c1-7(8(2)14)12-10-6-9(15)4-5-11(10)16(3)13(12)17/h4-6H,2H2,1,3H3/b12-7-. The number of likely N-dealkylation sites (N-methyl/N-ethyl adjacent to an activating group) is 1. The van der Waals surface area contributed by atoms with Crippen molar-refractivity contribution < 1.29 is 4.79 Å². The minimum absolute atomic E-state index is 0.0274. The topological polar surface area (TPSA) is 20.3 Å². The lowest BCUT2D eigenvalue weighted by molar-refractivity contribution is -0.112. The molecule has 1 amide bonds. The predicted molar refractivity (Wildman–Crippen MR) is 75.5 cm³/mol. The number of benzene rings is 1. The van der Waals surface area contributed by atoms with E-state index in [0.29, 0.717) is 15.1 Å². The molecule has 0 unspecified atom stereocenters. The van der Waals surface area contributed by atoms with Crippen molar-refractivity contribution in [2.75, 3.05) is 11.9 Å². The minimum Gasteiger partial charge on any atom is -0.311 e. The molecule has 0 bridgehead atoms. The van der Waals surface area contributed by atoms with Crippen molar-refractivity contribution >= 4 is 44.7 Å². The van der Waals surface area contributed by atoms with Crippen LogP contribution in [0.4, 0.5) is 5.69 Å². The van der Waals surface area contributed by atoms with E-state index in [-0.39, 0.29) is 5.91 Å². The number of allylic oxidation sites excluding steroid dienone is 2. The third-order valence-corrected chi connectivity index (χ3v) is 3.72. The Balaban J connectivity index is 2.74. The van der Waals surface area contributed by atoms with Crippen molar-refractivity contribution in [3.63, 3.8) is 0 Å². The molecule has 0 spiro atoms. The fraction of sp³-hybridized carbons (Fsp3) is 0.154. The number of halogens is 2. The summed E-state index contributed by atoms with van der Waals surface area (Å²) in [6.45, 7) is 5.68. The van der Waals surface area contributed by atoms with Gasteiger partial charge in [0, 0.05) is 22.1 Å². The second-order valence-electron chi connectivity index (χ2n) is 3.93. The number of amides is 1. The van der Waals surface area contributed by atoms with Gasteiger partial charge in [-0.1, -0.05) is 34.1 Å². The molecule has 88 valence electrons. The maximum Gasteiger partial charge on any atom is 0.259 e. The van der Waals surface area contributed by atoms with Crippen LogP contribution in [-0.4, -0.2) is 13.0 Å². The second kappa shape index (κ2) is 4.31. The Hall–Kier alpha value is -1.06. The zero-order valence-electron chi connectivity index (χ0n) is 9.55. The van der Waals surface area contributed by atoms with Gasteiger partial charge in [-0.2, -0.15) is 0 Å². The van der Waals surface area contributed by atoms with Gasteiger partial charge >= 0.3 is 0 Å². The summed E-state index contributed by atoms with van der Waals surface area (Å²) >= 11 is 9.29. The Bertz CT molecular complexity index is 563. The zero-order chi connectivity index (χ0) is 12.7. The molecule has 1 heterocycles. The fourth-order valence-corrected chi connectivity index (χ4v) is 2.26. The van der Waals surface area contributed by atoms with Gasteiger partial charge < -0.3 is 4.90 Å². The number of carbonyl (C=O) groups excluding carboxylic acids is 1. The molecule has 1 aliphatic heterocycles. The van der Waals surface area contributed by atoms with Gasteiger partial charge in [0.1, 0.15) is 0 Å². The predicted octanol–water partition coefficient (Wildman–Crippen LogP) is 4.00. The molecule has 0 fully saturated rings. The molecular formula is C13H11BrClNO. The number of fused-ring (bicyclic) bond motifs is 1. The highest BCUT2D eigenvalue weighted by Crippen LogP contribution is 2.40. The van der Waals surface area contributed by atoms with Gasteiger partial charge in [0.05, 0.1) is 11.3 Å². The lowest BCUT2D eigenvalue weighted by Crippen LogP contribution is -2.20. The van der Waals surface area contributed by atoms with Gasteiger partial charge in [-0.05, 0) is 30.7 Å². The molecule has 2 rings (SSSR count). The van der Waals surface area contributed by atoms with Crippen molar-refractivity contribution in [3.05, 3.63) is 45.4 Å². The number of hydrogen-bond donors (Lipinski definition) is 0. The maximum atomic E-state index is 12.2. The molecule has 1 aromatic rings. The van der Waals surface area contributed by atoms with Crippen molar-refractivity contribution in [1.29, 1.82) is 0 Å². The first-order valence-electron chi connectivity index (χ1n) is 5.07. The fourth-order valence-electron chi connectivity index (χ4n) is 1.89. The molecule has 0 aliphatic carbocycles. The highest BCUT2D eigenvalue weighted by atomic mass is 79.9. The summed E-state index contributed by atoms with van der Waals surface area (Å²) < 4.78 is 0.710. The van der Waals surface area contributed by atoms with E-state index in [1.165, 1.54) is 0 Å². The first-order valence-corrected chi connectivity index (χ1v) is 6.24. The zero-order valence-corrected chi connectivity index (χ0v) is 11.9. The summed E-state index contributed by atoms with van der Waals surface area (Å²) in [7, 11) is 1.76. The van der Waals surface area contributed by atoms with Crippen LogP contribution in [0.1, 0.15) is 12.5 Å². The van der Waals surface area contributed by atoms with E-state index < -0.39 is 0 Å². The molecule has 0 aromatic heterocycles. The summed E-state index contributed by atoms with van der Waals surface area (Å²) in [6.07, 6.45) is 0. The van der Waals surface area contributed by atoms with E-state index in [2.05, 4.69) is 22.5 Å². The van der Waals surface area contributed by atoms with E-state index in [0.717, 1.165) is 16.8 Å². The van der Waals surface area contributed by atoms with Gasteiger partial charge in [-0.25, -0.2) is 0 Å². The molecule has 0 saturated carbocycles. The third kappa shape index (κ3) is 1.94. The molecule has 4 heteroatoms. The largest absolute Gasteiger partial charge is 0.311 e. The average Bonchev–Trinajstić information content (AvgIpc) is 2.50. The lowest BCUT2D eigenvalue weighted by Gasteiger charge is -2.08. The Labute approximate surface area is 114 Å². The second-order valence-corrected chi connectivity index (χ2v) is 5.32. The van der Waals surface area contributed by atoms with Crippen LogP contribution in [-0.2, 0) is 4.79 Å². The van der Waals surface area contributed by atoms with Gasteiger partial charge in [-0.3, -0.25) is 4.79 Å². The van der Waals surface area contributed by atoms with Crippen LogP contribution in [0.5, 0.6) is 0 Å². The summed E-state index contributed by atoms with van der Waals surface area (Å²) in [6, 6.07) is 5.45. The van der Waals surface area contributed by atoms with Gasteiger partial charge in [0.2, 0.25) is 0 Å². The van der Waals surface area contributed by atoms with Crippen molar-refractivity contribution in [2.24, 2.45) is 0 Å². The first kappa shape index (κ1) is 12.4. The SMILES string of the molecule is C=C(Br)/C(C)=C1\C(=O)N(C)c2ccc(Cl)cc21. The minimum atomic E-state index is -0.0274. The number of rotatable bonds is 1. The Kier molecular flexibility index (Phi) is 3.15. The van der Waals surface area contributed by atoms with Crippen LogP contribution < -0.4 is 4.90 Å². The Morgan fingerprint density at radius 1 is 1.47 bits per heavy atom. The molecule has 1 aromatic carbocycles. The normalized spacial score (nSPS) is 17.2. The van der Waals surface area contributed by atoms with Gasteiger partial charge in [-0.15, -0.1) is 0 Å². The van der Waals surface area contributed by atoms with Crippen LogP contribution in [0.3, 0.4) is 0 Å². The molecule has 0 N–H and O–H groups in total. The van der Waals surface area contributed by atoms with Crippen molar-refractivity contribution in [3.8, 4) is 0 Å². The first-order chi connectivity index (χ1) is 7.93. The smallest absolute Gasteiger partial charge is 0.259 e. The Morgan fingerprint density at radius 3 is 2.71 bits per heavy atom. The summed E-state index contributed by atoms with van der Waals surface area (Å²) in [5.74, 6) is -0.0274. The van der Waals surface area contributed by atoms with Crippen LogP contribution >= 0.6 is 27.5 Å². The van der Waals surface area contributed by atoms with Crippen LogP contribution in [0.15, 0.2) is 34.8 Å². The highest BCUT2D eigenvalue weighted by molar-refractivity contribution is 9.11. The molecule has 0 saturated heterocycles. The summed E-state index contributed by atoms with van der Waals surface area (Å²) in [5.41, 5.74) is 3.24. The highest BCUT2D eigenvalue weighted by Gasteiger charge is 2.31. The molecule has 2 nitrogen and oxygen atoms in total. The van der Waals surface area contributed by atoms with E-state index >= 15 is 0 Å². The van der Waals surface area contributed by atoms with Crippen LogP contribution in [0.25, 0.3) is 5.57 Å². The summed E-state index contributed by atoms with van der Waals surface area (Å²) in [5, 5.41) is 0.623. The molecule has 0 radical (unpaired) electrons. The third-order valence-electron chi connectivity index (χ3n) is 2.89. The molecule has 1 aliphatic rings. The number of anilines is 1. The number of nitrogens with zero attached hydrogens (tertiary/aromatic N) is 1. The molecular weight excluding hydrogens is 302 g/mol. The Morgan fingerprint density at radius 2 is 2.12 bits per heavy atom. The van der Waals surface area contributed by atoms with E-state index in [1.54, 1.807) is 18.0 Å². The number of hydrogen-bond acceptors (Lipinski definition) is 1. The van der Waals surface area contributed by atoms with E-state index in [4.69, 9.17) is 11.6 Å². The van der Waals surface area contributed by atoms with Crippen molar-refractivity contribution in [2.45, 2.75) is 6.92 Å². The maximum absolute atomic E-state index is 12.2. The molecule has 0 atom stereocenters. The van der Waals surface area contributed by atoms with Crippen LogP contribution in [0, 0.1) is 0 Å². The summed E-state index contributed by atoms with van der Waals surface area (Å²) in [4.78, 5) is 13.8. The van der Waals surface area contributed by atoms with Gasteiger partial charge in [0.25, 0.3) is 5.91 Å². The number of carbonyl (C=O) groups is 1. The van der Waals surface area contributed by atoms with E-state index in [1.807, 2.05) is 19.1 Å².